The van der Waals surface area contributed by atoms with Crippen LogP contribution in [0.15, 0.2) is 17.5 Å². The summed E-state index contributed by atoms with van der Waals surface area (Å²) < 4.78 is 61.0. The quantitative estimate of drug-likeness (QED) is 0.767. The number of nitrogens with one attached hydrogen (secondary N) is 1. The van der Waals surface area contributed by atoms with Crippen molar-refractivity contribution >= 4 is 24.8 Å². The molecule has 1 N–H and O–H groups in total. The summed E-state index contributed by atoms with van der Waals surface area (Å²) in [6.07, 6.45) is -4.97. The molecule has 1 aromatic rings. The van der Waals surface area contributed by atoms with Crippen LogP contribution in [0, 0.1) is 0 Å². The predicted octanol–water partition coefficient (Wildman–Crippen LogP) is 3.63. The predicted molar refractivity (Wildman–Crippen MR) is 72.5 cm³/mol. The summed E-state index contributed by atoms with van der Waals surface area (Å²) in [5.74, 6) is -3.69. The molecule has 120 valence electrons. The van der Waals surface area contributed by atoms with Crippen molar-refractivity contribution in [2.75, 3.05) is 13.2 Å². The van der Waals surface area contributed by atoms with Crippen LogP contribution in [0.1, 0.15) is 23.5 Å². The van der Waals surface area contributed by atoms with Crippen LogP contribution in [0.4, 0.5) is 13.2 Å². The van der Waals surface area contributed by atoms with Gasteiger partial charge in [-0.15, -0.1) is 11.3 Å². The Morgan fingerprint density at radius 3 is 2.33 bits per heavy atom. The molecule has 0 aliphatic heterocycles. The van der Waals surface area contributed by atoms with E-state index in [9.17, 15) is 22.5 Å². The molecule has 1 amide bonds. The molecule has 21 heavy (non-hydrogen) atoms. The van der Waals surface area contributed by atoms with Crippen LogP contribution in [0.25, 0.3) is 0 Å². The van der Waals surface area contributed by atoms with Gasteiger partial charge in [0.15, 0.2) is 0 Å². The van der Waals surface area contributed by atoms with Gasteiger partial charge in [-0.1, -0.05) is 6.07 Å². The van der Waals surface area contributed by atoms with E-state index in [1.54, 1.807) is 10.7 Å². The van der Waals surface area contributed by atoms with Gasteiger partial charge in [0.1, 0.15) is 0 Å². The maximum absolute atomic E-state index is 13.1. The van der Waals surface area contributed by atoms with E-state index >= 15 is 0 Å². The van der Waals surface area contributed by atoms with Crippen LogP contribution in [0.2, 0.25) is 0 Å². The lowest BCUT2D eigenvalue weighted by molar-refractivity contribution is -0.139. The Morgan fingerprint density at radius 2 is 1.95 bits per heavy atom. The number of hydrogen-bond acceptors (Lipinski definition) is 5. The average molecular weight is 345 g/mol. The zero-order valence-corrected chi connectivity index (χ0v) is 13.1. The summed E-state index contributed by atoms with van der Waals surface area (Å²) in [6.45, 7) is 2.30. The minimum atomic E-state index is -4.97. The van der Waals surface area contributed by atoms with Gasteiger partial charge < -0.3 is 14.4 Å². The van der Waals surface area contributed by atoms with Crippen LogP contribution >= 0.6 is 18.9 Å². The number of alkyl halides is 3. The fourth-order valence-corrected chi connectivity index (χ4v) is 3.84. The molecule has 0 radical (unpaired) electrons. The standard InChI is InChI=1S/C11H15F3NO4PS/c1-3-18-20(17,19-4-2)10(11(12,13)14)15-9(16)8-6-5-7-21-8/h5-7,10H,3-4H2,1-2H3,(H,15,16)/t10-/m1/s1. The number of halogens is 3. The van der Waals surface area contributed by atoms with Gasteiger partial charge in [-0.05, 0) is 25.3 Å². The third kappa shape index (κ3) is 4.81. The Bertz CT molecular complexity index is 496. The lowest BCUT2D eigenvalue weighted by Gasteiger charge is -2.28. The van der Waals surface area contributed by atoms with E-state index < -0.39 is 25.5 Å². The lowest BCUT2D eigenvalue weighted by atomic mass is 10.4. The molecule has 0 bridgehead atoms. The van der Waals surface area contributed by atoms with Gasteiger partial charge in [0, 0.05) is 0 Å². The normalized spacial score (nSPS) is 14.0. The first-order valence-corrected chi connectivity index (χ1v) is 8.53. The molecular formula is C11H15F3NO4PS. The van der Waals surface area contributed by atoms with E-state index in [0.717, 1.165) is 11.3 Å². The highest BCUT2D eigenvalue weighted by Gasteiger charge is 2.55. The summed E-state index contributed by atoms with van der Waals surface area (Å²) in [6, 6.07) is 2.88. The maximum Gasteiger partial charge on any atom is 0.420 e. The topological polar surface area (TPSA) is 64.6 Å². The minimum Gasteiger partial charge on any atom is -0.330 e. The first-order chi connectivity index (χ1) is 9.74. The van der Waals surface area contributed by atoms with Gasteiger partial charge in [0.25, 0.3) is 5.91 Å². The molecule has 1 heterocycles. The Morgan fingerprint density at radius 1 is 1.38 bits per heavy atom. The molecule has 0 unspecified atom stereocenters. The second-order valence-electron chi connectivity index (χ2n) is 3.77. The zero-order valence-electron chi connectivity index (χ0n) is 11.3. The molecule has 10 heteroatoms. The van der Waals surface area contributed by atoms with Gasteiger partial charge in [-0.2, -0.15) is 13.2 Å². The molecule has 0 aliphatic carbocycles. The number of hydrogen-bond donors (Lipinski definition) is 1. The van der Waals surface area contributed by atoms with Crippen LogP contribution < -0.4 is 5.32 Å². The molecule has 1 rings (SSSR count). The zero-order chi connectivity index (χ0) is 16.1. The lowest BCUT2D eigenvalue weighted by Crippen LogP contribution is -2.45. The highest BCUT2D eigenvalue weighted by Crippen LogP contribution is 2.56. The number of carbonyl (C=O) groups excluding carboxylic acids is 1. The van der Waals surface area contributed by atoms with Crippen molar-refractivity contribution in [3.63, 3.8) is 0 Å². The third-order valence-corrected chi connectivity index (χ3v) is 5.42. The SMILES string of the molecule is CCOP(=O)(OCC)[C@@H](NC(=O)c1cccs1)C(F)(F)F. The van der Waals surface area contributed by atoms with Gasteiger partial charge >= 0.3 is 13.8 Å². The summed E-state index contributed by atoms with van der Waals surface area (Å²) in [4.78, 5) is 11.9. The summed E-state index contributed by atoms with van der Waals surface area (Å²) in [5.41, 5.74) is 0. The van der Waals surface area contributed by atoms with Gasteiger partial charge in [-0.3, -0.25) is 9.36 Å². The van der Waals surface area contributed by atoms with E-state index in [4.69, 9.17) is 0 Å². The number of rotatable bonds is 7. The van der Waals surface area contributed by atoms with Crippen LogP contribution in [-0.4, -0.2) is 31.1 Å². The van der Waals surface area contributed by atoms with Crippen molar-refractivity contribution in [2.45, 2.75) is 25.8 Å². The molecule has 0 spiro atoms. The maximum atomic E-state index is 13.1. The van der Waals surface area contributed by atoms with Crippen LogP contribution in [0.5, 0.6) is 0 Å². The van der Waals surface area contributed by atoms with Gasteiger partial charge in [0.2, 0.25) is 5.78 Å². The van der Waals surface area contributed by atoms with Crippen molar-refractivity contribution in [3.05, 3.63) is 22.4 Å². The van der Waals surface area contributed by atoms with E-state index in [0.29, 0.717) is 0 Å². The monoisotopic (exact) mass is 345 g/mol. The largest absolute Gasteiger partial charge is 0.420 e. The second kappa shape index (κ2) is 7.40. The highest BCUT2D eigenvalue weighted by atomic mass is 32.1. The molecule has 5 nitrogen and oxygen atoms in total. The van der Waals surface area contributed by atoms with Gasteiger partial charge in [0.05, 0.1) is 18.1 Å². The summed E-state index contributed by atoms with van der Waals surface area (Å²) in [7, 11) is -4.56. The minimum absolute atomic E-state index is 0.0730. The van der Waals surface area contributed by atoms with E-state index in [1.165, 1.54) is 26.0 Å². The molecule has 1 atom stereocenters. The fraction of sp³-hybridized carbons (Fsp3) is 0.545. The van der Waals surface area contributed by atoms with Crippen molar-refractivity contribution in [3.8, 4) is 0 Å². The Kier molecular flexibility index (Phi) is 6.40. The van der Waals surface area contributed by atoms with E-state index in [1.807, 2.05) is 0 Å². The van der Waals surface area contributed by atoms with Crippen molar-refractivity contribution in [1.82, 2.24) is 5.32 Å². The third-order valence-electron chi connectivity index (χ3n) is 2.26. The first kappa shape index (κ1) is 18.2. The molecule has 0 saturated heterocycles. The number of thiophene rings is 1. The average Bonchev–Trinajstić information content (AvgIpc) is 2.88. The number of carbonyl (C=O) groups is 1. The number of amides is 1. The van der Waals surface area contributed by atoms with E-state index in [-0.39, 0.29) is 18.1 Å². The molecular weight excluding hydrogens is 330 g/mol. The molecule has 0 saturated carbocycles. The Hall–Kier alpha value is -0.890. The Balaban J connectivity index is 3.05. The van der Waals surface area contributed by atoms with Gasteiger partial charge in [-0.25, -0.2) is 0 Å². The highest BCUT2D eigenvalue weighted by molar-refractivity contribution is 7.54. The molecule has 1 aromatic heterocycles. The molecule has 0 aliphatic rings. The molecule has 0 aromatic carbocycles. The summed E-state index contributed by atoms with van der Waals surface area (Å²) >= 11 is 0.970. The first-order valence-electron chi connectivity index (χ1n) is 6.04. The fourth-order valence-electron chi connectivity index (χ4n) is 1.49. The van der Waals surface area contributed by atoms with Crippen molar-refractivity contribution < 1.29 is 31.6 Å². The van der Waals surface area contributed by atoms with Crippen molar-refractivity contribution in [2.24, 2.45) is 0 Å². The van der Waals surface area contributed by atoms with Crippen LogP contribution in [0.3, 0.4) is 0 Å². The van der Waals surface area contributed by atoms with Crippen LogP contribution in [-0.2, 0) is 13.6 Å². The van der Waals surface area contributed by atoms with Crippen molar-refractivity contribution in [1.29, 1.82) is 0 Å². The summed E-state index contributed by atoms with van der Waals surface area (Å²) in [5, 5.41) is 3.25. The Labute approximate surface area is 124 Å². The van der Waals surface area contributed by atoms with E-state index in [2.05, 4.69) is 9.05 Å². The molecule has 0 fully saturated rings. The second-order valence-corrected chi connectivity index (χ2v) is 6.83. The smallest absolute Gasteiger partial charge is 0.330 e.